The first-order chi connectivity index (χ1) is 10.2. The second-order valence-electron chi connectivity index (χ2n) is 5.08. The molecule has 6 heteroatoms. The number of rotatable bonds is 3. The molecule has 0 aliphatic heterocycles. The molecular weight excluding hydrogens is 336 g/mol. The molecule has 0 bridgehead atoms. The fourth-order valence-electron chi connectivity index (χ4n) is 2.12. The van der Waals surface area contributed by atoms with Crippen LogP contribution >= 0.6 is 23.2 Å². The van der Waals surface area contributed by atoms with E-state index >= 15 is 0 Å². The Kier molecular flexibility index (Phi) is 4.93. The van der Waals surface area contributed by atoms with E-state index in [1.165, 1.54) is 6.07 Å². The largest absolute Gasteiger partial charge is 0.573 e. The molecule has 0 radical (unpaired) electrons. The Bertz CT molecular complexity index is 682. The first-order valence-electron chi connectivity index (χ1n) is 6.52. The summed E-state index contributed by atoms with van der Waals surface area (Å²) in [5.41, 5.74) is 1.60. The van der Waals surface area contributed by atoms with Crippen molar-refractivity contribution in [1.82, 2.24) is 0 Å². The quantitative estimate of drug-likeness (QED) is 0.600. The topological polar surface area (TPSA) is 9.23 Å². The lowest BCUT2D eigenvalue weighted by Gasteiger charge is -2.17. The summed E-state index contributed by atoms with van der Waals surface area (Å²) >= 11 is 11.9. The van der Waals surface area contributed by atoms with E-state index in [4.69, 9.17) is 23.2 Å². The lowest BCUT2D eigenvalue weighted by Crippen LogP contribution is -2.18. The number of ether oxygens (including phenoxy) is 1. The van der Waals surface area contributed by atoms with Crippen LogP contribution in [0.3, 0.4) is 0 Å². The van der Waals surface area contributed by atoms with Gasteiger partial charge in [0.25, 0.3) is 0 Å². The number of alkyl halides is 3. The number of hydrogen-bond acceptors (Lipinski definition) is 1. The van der Waals surface area contributed by atoms with Gasteiger partial charge in [-0.1, -0.05) is 55.2 Å². The van der Waals surface area contributed by atoms with Gasteiger partial charge in [0.15, 0.2) is 0 Å². The van der Waals surface area contributed by atoms with E-state index in [1.54, 1.807) is 44.2 Å². The van der Waals surface area contributed by atoms with Crippen molar-refractivity contribution in [3.05, 3.63) is 52.0 Å². The van der Waals surface area contributed by atoms with Gasteiger partial charge in [-0.2, -0.15) is 0 Å². The van der Waals surface area contributed by atoms with Gasteiger partial charge in [-0.05, 0) is 35.2 Å². The molecule has 0 heterocycles. The van der Waals surface area contributed by atoms with Crippen LogP contribution in [0.4, 0.5) is 13.2 Å². The van der Waals surface area contributed by atoms with Crippen LogP contribution < -0.4 is 4.74 Å². The molecule has 0 N–H and O–H groups in total. The van der Waals surface area contributed by atoms with Crippen LogP contribution in [0.5, 0.6) is 5.75 Å². The molecule has 2 rings (SSSR count). The summed E-state index contributed by atoms with van der Waals surface area (Å²) in [4.78, 5) is 0. The van der Waals surface area contributed by atoms with Crippen LogP contribution in [0.25, 0.3) is 11.1 Å². The van der Waals surface area contributed by atoms with Gasteiger partial charge in [0, 0.05) is 15.6 Å². The van der Waals surface area contributed by atoms with Crippen molar-refractivity contribution >= 4 is 23.2 Å². The molecule has 0 aromatic heterocycles. The maximum absolute atomic E-state index is 12.6. The summed E-state index contributed by atoms with van der Waals surface area (Å²) in [6.45, 7) is 3.60. The molecule has 0 amide bonds. The van der Waals surface area contributed by atoms with Crippen molar-refractivity contribution in [3.8, 4) is 16.9 Å². The van der Waals surface area contributed by atoms with Crippen LogP contribution in [-0.2, 0) is 0 Å². The van der Waals surface area contributed by atoms with Crippen molar-refractivity contribution < 1.29 is 17.9 Å². The number of benzene rings is 2. The van der Waals surface area contributed by atoms with E-state index in [0.29, 0.717) is 26.7 Å². The molecule has 22 heavy (non-hydrogen) atoms. The van der Waals surface area contributed by atoms with Gasteiger partial charge in [0.2, 0.25) is 0 Å². The van der Waals surface area contributed by atoms with Crippen LogP contribution in [-0.4, -0.2) is 6.36 Å². The predicted octanol–water partition coefficient (Wildman–Crippen LogP) is 6.68. The van der Waals surface area contributed by atoms with Crippen molar-refractivity contribution in [3.63, 3.8) is 0 Å². The van der Waals surface area contributed by atoms with Crippen LogP contribution in [0.1, 0.15) is 25.3 Å². The van der Waals surface area contributed by atoms with Gasteiger partial charge < -0.3 is 4.74 Å². The second kappa shape index (κ2) is 6.39. The molecular formula is C16H13Cl2F3O. The van der Waals surface area contributed by atoms with Gasteiger partial charge >= 0.3 is 6.36 Å². The van der Waals surface area contributed by atoms with Crippen molar-refractivity contribution in [2.24, 2.45) is 0 Å². The highest BCUT2D eigenvalue weighted by Gasteiger charge is 2.32. The maximum atomic E-state index is 12.6. The van der Waals surface area contributed by atoms with E-state index in [0.717, 1.165) is 0 Å². The van der Waals surface area contributed by atoms with Gasteiger partial charge in [-0.3, -0.25) is 0 Å². The highest BCUT2D eigenvalue weighted by Crippen LogP contribution is 2.37. The maximum Gasteiger partial charge on any atom is 0.573 e. The molecule has 0 unspecified atom stereocenters. The number of hydrogen-bond donors (Lipinski definition) is 0. The molecule has 1 nitrogen and oxygen atoms in total. The fraction of sp³-hybridized carbons (Fsp3) is 0.250. The zero-order chi connectivity index (χ0) is 16.5. The third kappa shape index (κ3) is 4.08. The molecule has 2 aromatic carbocycles. The minimum absolute atomic E-state index is 0.105. The molecule has 0 atom stereocenters. The second-order valence-corrected chi connectivity index (χ2v) is 5.92. The third-order valence-corrected chi connectivity index (χ3v) is 3.65. The molecule has 0 aliphatic carbocycles. The average molecular weight is 349 g/mol. The average Bonchev–Trinajstić information content (AvgIpc) is 2.36. The van der Waals surface area contributed by atoms with Crippen LogP contribution in [0.2, 0.25) is 10.0 Å². The molecule has 0 aliphatic rings. The summed E-state index contributed by atoms with van der Waals surface area (Å²) in [5, 5.41) is 0.821. The first-order valence-corrected chi connectivity index (χ1v) is 7.28. The molecule has 0 fully saturated rings. The highest BCUT2D eigenvalue weighted by molar-refractivity contribution is 6.36. The third-order valence-electron chi connectivity index (χ3n) is 3.10. The Hall–Kier alpha value is -1.39. The SMILES string of the molecule is CC(C)c1ccc(-c2ccc(Cl)cc2Cl)cc1OC(F)(F)F. The summed E-state index contributed by atoms with van der Waals surface area (Å²) < 4.78 is 41.9. The standard InChI is InChI=1S/C16H13Cl2F3O/c1-9(2)12-5-3-10(7-15(12)22-16(19,20)21)13-6-4-11(17)8-14(13)18/h3-9H,1-2H3. The van der Waals surface area contributed by atoms with Crippen molar-refractivity contribution in [2.75, 3.05) is 0 Å². The van der Waals surface area contributed by atoms with E-state index in [2.05, 4.69) is 4.74 Å². The Labute approximate surface area is 136 Å². The normalized spacial score (nSPS) is 11.8. The Morgan fingerprint density at radius 3 is 2.23 bits per heavy atom. The smallest absolute Gasteiger partial charge is 0.405 e. The van der Waals surface area contributed by atoms with E-state index in [1.807, 2.05) is 0 Å². The molecule has 0 saturated carbocycles. The van der Waals surface area contributed by atoms with Crippen LogP contribution in [0, 0.1) is 0 Å². The molecule has 118 valence electrons. The minimum Gasteiger partial charge on any atom is -0.405 e. The van der Waals surface area contributed by atoms with Gasteiger partial charge in [-0.15, -0.1) is 13.2 Å². The lowest BCUT2D eigenvalue weighted by atomic mass is 9.97. The molecule has 2 aromatic rings. The van der Waals surface area contributed by atoms with Gasteiger partial charge in [0.1, 0.15) is 5.75 Å². The zero-order valence-corrected chi connectivity index (χ0v) is 13.4. The van der Waals surface area contributed by atoms with Gasteiger partial charge in [0.05, 0.1) is 0 Å². The number of halogens is 5. The lowest BCUT2D eigenvalue weighted by molar-refractivity contribution is -0.274. The minimum atomic E-state index is -4.74. The van der Waals surface area contributed by atoms with Crippen molar-refractivity contribution in [2.45, 2.75) is 26.1 Å². The predicted molar refractivity (Wildman–Crippen MR) is 82.7 cm³/mol. The highest BCUT2D eigenvalue weighted by atomic mass is 35.5. The fourth-order valence-corrected chi connectivity index (χ4v) is 2.63. The summed E-state index contributed by atoms with van der Waals surface area (Å²) in [7, 11) is 0. The summed E-state index contributed by atoms with van der Waals surface area (Å²) in [6.07, 6.45) is -4.74. The summed E-state index contributed by atoms with van der Waals surface area (Å²) in [6, 6.07) is 9.51. The monoisotopic (exact) mass is 348 g/mol. The van der Waals surface area contributed by atoms with E-state index in [9.17, 15) is 13.2 Å². The molecule has 0 spiro atoms. The van der Waals surface area contributed by atoms with E-state index in [-0.39, 0.29) is 11.7 Å². The molecule has 0 saturated heterocycles. The van der Waals surface area contributed by atoms with Crippen molar-refractivity contribution in [1.29, 1.82) is 0 Å². The first kappa shape index (κ1) is 17.0. The Morgan fingerprint density at radius 1 is 1.00 bits per heavy atom. The van der Waals surface area contributed by atoms with Gasteiger partial charge in [-0.25, -0.2) is 0 Å². The summed E-state index contributed by atoms with van der Waals surface area (Å²) in [5.74, 6) is -0.321. The van der Waals surface area contributed by atoms with Crippen LogP contribution in [0.15, 0.2) is 36.4 Å². The van der Waals surface area contributed by atoms with E-state index < -0.39 is 6.36 Å². The Morgan fingerprint density at radius 2 is 1.68 bits per heavy atom. The zero-order valence-electron chi connectivity index (χ0n) is 11.8. The Balaban J connectivity index is 2.52.